The average molecular weight is 327 g/mol. The molecule has 1 heterocycles. The van der Waals surface area contributed by atoms with Crippen LogP contribution in [0.5, 0.6) is 0 Å². The van der Waals surface area contributed by atoms with Crippen LogP contribution in [0.3, 0.4) is 0 Å². The van der Waals surface area contributed by atoms with Gasteiger partial charge in [0.1, 0.15) is 0 Å². The van der Waals surface area contributed by atoms with Crippen LogP contribution in [0.2, 0.25) is 0 Å². The maximum absolute atomic E-state index is 12.0. The summed E-state index contributed by atoms with van der Waals surface area (Å²) >= 11 is 0. The van der Waals surface area contributed by atoms with Crippen molar-refractivity contribution in [3.63, 3.8) is 0 Å². The molecular weight excluding hydrogens is 302 g/mol. The first-order valence-corrected chi connectivity index (χ1v) is 8.66. The van der Waals surface area contributed by atoms with Crippen molar-refractivity contribution in [2.45, 2.75) is 52.6 Å². The number of benzene rings is 1. The van der Waals surface area contributed by atoms with E-state index in [-0.39, 0.29) is 17.9 Å². The molecule has 5 nitrogen and oxygen atoms in total. The van der Waals surface area contributed by atoms with E-state index in [2.05, 4.69) is 16.8 Å². The highest BCUT2D eigenvalue weighted by Crippen LogP contribution is 2.33. The SMILES string of the molecule is CCn1c2c(c3cc(C(N)=O)ccc31)CC(NC(=O)C(C)C)CC2. The number of aryl methyl sites for hydroxylation is 1. The van der Waals surface area contributed by atoms with Gasteiger partial charge in [0.15, 0.2) is 0 Å². The molecule has 2 aromatic rings. The van der Waals surface area contributed by atoms with E-state index in [1.807, 2.05) is 26.0 Å². The van der Waals surface area contributed by atoms with E-state index in [1.54, 1.807) is 6.07 Å². The number of nitrogens with zero attached hydrogens (tertiary/aromatic N) is 1. The molecule has 3 rings (SSSR count). The molecule has 0 fully saturated rings. The Bertz CT molecular complexity index is 805. The highest BCUT2D eigenvalue weighted by Gasteiger charge is 2.26. The fourth-order valence-electron chi connectivity index (χ4n) is 3.66. The molecule has 0 bridgehead atoms. The lowest BCUT2D eigenvalue weighted by Crippen LogP contribution is -2.40. The number of hydrogen-bond acceptors (Lipinski definition) is 2. The zero-order valence-corrected chi connectivity index (χ0v) is 14.6. The summed E-state index contributed by atoms with van der Waals surface area (Å²) in [5.41, 5.74) is 9.69. The molecule has 2 amide bonds. The third-order valence-electron chi connectivity index (χ3n) is 4.94. The predicted molar refractivity (Wildman–Crippen MR) is 94.9 cm³/mol. The van der Waals surface area contributed by atoms with E-state index in [4.69, 9.17) is 5.73 Å². The highest BCUT2D eigenvalue weighted by molar-refractivity contribution is 5.98. The van der Waals surface area contributed by atoms with Crippen molar-refractivity contribution in [1.29, 1.82) is 0 Å². The molecule has 1 unspecified atom stereocenters. The summed E-state index contributed by atoms with van der Waals surface area (Å²) in [6.45, 7) is 6.84. The van der Waals surface area contributed by atoms with Gasteiger partial charge in [-0.1, -0.05) is 13.8 Å². The number of nitrogens with two attached hydrogens (primary N) is 1. The molecule has 24 heavy (non-hydrogen) atoms. The van der Waals surface area contributed by atoms with Crippen molar-refractivity contribution in [3.05, 3.63) is 35.0 Å². The fraction of sp³-hybridized carbons (Fsp3) is 0.474. The molecule has 1 atom stereocenters. The van der Waals surface area contributed by atoms with Gasteiger partial charge in [0.25, 0.3) is 0 Å². The second-order valence-corrected chi connectivity index (χ2v) is 6.87. The second kappa shape index (κ2) is 6.30. The minimum Gasteiger partial charge on any atom is -0.366 e. The highest BCUT2D eigenvalue weighted by atomic mass is 16.2. The number of carbonyl (C=O) groups is 2. The van der Waals surface area contributed by atoms with E-state index >= 15 is 0 Å². The van der Waals surface area contributed by atoms with Crippen molar-refractivity contribution >= 4 is 22.7 Å². The van der Waals surface area contributed by atoms with Crippen LogP contribution in [0.25, 0.3) is 10.9 Å². The third kappa shape index (κ3) is 2.79. The van der Waals surface area contributed by atoms with Crippen LogP contribution in [0.4, 0.5) is 0 Å². The predicted octanol–water partition coefficient (Wildman–Crippen LogP) is 2.39. The molecule has 0 aliphatic heterocycles. The van der Waals surface area contributed by atoms with Gasteiger partial charge in [0.2, 0.25) is 11.8 Å². The molecule has 0 saturated heterocycles. The number of hydrogen-bond donors (Lipinski definition) is 2. The van der Waals surface area contributed by atoms with E-state index in [9.17, 15) is 9.59 Å². The summed E-state index contributed by atoms with van der Waals surface area (Å²) in [6.07, 6.45) is 2.69. The number of fused-ring (bicyclic) bond motifs is 3. The van der Waals surface area contributed by atoms with Crippen LogP contribution in [-0.2, 0) is 24.2 Å². The van der Waals surface area contributed by atoms with Crippen LogP contribution in [-0.4, -0.2) is 22.4 Å². The third-order valence-corrected chi connectivity index (χ3v) is 4.94. The van der Waals surface area contributed by atoms with Gasteiger partial charge in [-0.15, -0.1) is 0 Å². The van der Waals surface area contributed by atoms with Gasteiger partial charge in [-0.3, -0.25) is 9.59 Å². The maximum Gasteiger partial charge on any atom is 0.248 e. The molecule has 5 heteroatoms. The van der Waals surface area contributed by atoms with Gasteiger partial charge in [-0.25, -0.2) is 0 Å². The summed E-state index contributed by atoms with van der Waals surface area (Å²) in [5.74, 6) is -0.319. The average Bonchev–Trinajstić information content (AvgIpc) is 2.87. The monoisotopic (exact) mass is 327 g/mol. The lowest BCUT2D eigenvalue weighted by Gasteiger charge is -2.25. The summed E-state index contributed by atoms with van der Waals surface area (Å²) in [6, 6.07) is 5.83. The van der Waals surface area contributed by atoms with Crippen LogP contribution in [0.15, 0.2) is 18.2 Å². The molecule has 128 valence electrons. The summed E-state index contributed by atoms with van der Waals surface area (Å²) < 4.78 is 2.32. The fourth-order valence-corrected chi connectivity index (χ4v) is 3.66. The van der Waals surface area contributed by atoms with Crippen LogP contribution >= 0.6 is 0 Å². The Balaban J connectivity index is 2.02. The number of amides is 2. The van der Waals surface area contributed by atoms with Crippen molar-refractivity contribution in [1.82, 2.24) is 9.88 Å². The minimum atomic E-state index is -0.407. The Morgan fingerprint density at radius 2 is 2.12 bits per heavy atom. The minimum absolute atomic E-state index is 0.00940. The number of primary amides is 1. The number of aromatic nitrogens is 1. The topological polar surface area (TPSA) is 77.1 Å². The van der Waals surface area contributed by atoms with Gasteiger partial charge >= 0.3 is 0 Å². The van der Waals surface area contributed by atoms with Crippen LogP contribution < -0.4 is 11.1 Å². The molecule has 1 aromatic heterocycles. The number of rotatable bonds is 4. The molecule has 1 aromatic carbocycles. The Morgan fingerprint density at radius 3 is 2.75 bits per heavy atom. The summed E-state index contributed by atoms with van der Waals surface area (Å²) in [4.78, 5) is 23.5. The lowest BCUT2D eigenvalue weighted by molar-refractivity contribution is -0.124. The smallest absolute Gasteiger partial charge is 0.248 e. The number of nitrogens with one attached hydrogen (secondary N) is 1. The van der Waals surface area contributed by atoms with E-state index in [1.165, 1.54) is 11.3 Å². The van der Waals surface area contributed by atoms with Crippen molar-refractivity contribution in [2.24, 2.45) is 11.7 Å². The van der Waals surface area contributed by atoms with E-state index in [0.29, 0.717) is 5.56 Å². The van der Waals surface area contributed by atoms with E-state index < -0.39 is 5.91 Å². The number of carbonyl (C=O) groups excluding carboxylic acids is 2. The second-order valence-electron chi connectivity index (χ2n) is 6.87. The summed E-state index contributed by atoms with van der Waals surface area (Å²) in [5, 5.41) is 4.24. The standard InChI is InChI=1S/C19H25N3O2/c1-4-22-16-7-5-12(18(20)23)9-14(16)15-10-13(6-8-17(15)22)21-19(24)11(2)3/h5,7,9,11,13H,4,6,8,10H2,1-3H3,(H2,20,23)(H,21,24). The first-order valence-electron chi connectivity index (χ1n) is 8.66. The largest absolute Gasteiger partial charge is 0.366 e. The van der Waals surface area contributed by atoms with Gasteiger partial charge in [0, 0.05) is 40.7 Å². The molecule has 1 aliphatic carbocycles. The molecular formula is C19H25N3O2. The van der Waals surface area contributed by atoms with Crippen molar-refractivity contribution < 1.29 is 9.59 Å². The zero-order chi connectivity index (χ0) is 17.4. The normalized spacial score (nSPS) is 17.1. The van der Waals surface area contributed by atoms with Crippen LogP contribution in [0.1, 0.15) is 48.8 Å². The quantitative estimate of drug-likeness (QED) is 0.904. The summed E-state index contributed by atoms with van der Waals surface area (Å²) in [7, 11) is 0. The van der Waals surface area contributed by atoms with Crippen molar-refractivity contribution in [2.75, 3.05) is 0 Å². The van der Waals surface area contributed by atoms with Gasteiger partial charge in [0.05, 0.1) is 0 Å². The van der Waals surface area contributed by atoms with E-state index in [0.717, 1.165) is 36.7 Å². The first kappa shape index (κ1) is 16.6. The Labute approximate surface area is 142 Å². The maximum atomic E-state index is 12.0. The Kier molecular flexibility index (Phi) is 4.35. The van der Waals surface area contributed by atoms with Crippen molar-refractivity contribution in [3.8, 4) is 0 Å². The molecule has 0 radical (unpaired) electrons. The molecule has 3 N–H and O–H groups in total. The zero-order valence-electron chi connectivity index (χ0n) is 14.6. The lowest BCUT2D eigenvalue weighted by atomic mass is 9.90. The first-order chi connectivity index (χ1) is 11.4. The van der Waals surface area contributed by atoms with Gasteiger partial charge in [-0.2, -0.15) is 0 Å². The van der Waals surface area contributed by atoms with Gasteiger partial charge < -0.3 is 15.6 Å². The van der Waals surface area contributed by atoms with Gasteiger partial charge in [-0.05, 0) is 49.9 Å². The Morgan fingerprint density at radius 1 is 1.38 bits per heavy atom. The molecule has 1 aliphatic rings. The molecule has 0 spiro atoms. The van der Waals surface area contributed by atoms with Crippen LogP contribution in [0, 0.1) is 5.92 Å². The molecule has 0 saturated carbocycles. The Hall–Kier alpha value is -2.30.